The number of aromatic nitrogens is 1. The van der Waals surface area contributed by atoms with Gasteiger partial charge in [-0.2, -0.15) is 0 Å². The number of hydrogen-bond donors (Lipinski definition) is 0. The van der Waals surface area contributed by atoms with Crippen LogP contribution >= 0.6 is 11.6 Å². The molecule has 5 heteroatoms. The lowest BCUT2D eigenvalue weighted by atomic mass is 10.0. The van der Waals surface area contributed by atoms with Gasteiger partial charge in [-0.05, 0) is 31.2 Å². The van der Waals surface area contributed by atoms with E-state index in [2.05, 4.69) is 4.98 Å². The van der Waals surface area contributed by atoms with E-state index in [9.17, 15) is 9.18 Å². The van der Waals surface area contributed by atoms with Gasteiger partial charge in [0, 0.05) is 16.8 Å². The van der Waals surface area contributed by atoms with Crippen molar-refractivity contribution in [3.05, 3.63) is 58.6 Å². The smallest absolute Gasteiger partial charge is 0.197 e. The predicted octanol–water partition coefficient (Wildman–Crippen LogP) is 3.50. The van der Waals surface area contributed by atoms with Gasteiger partial charge in [-0.1, -0.05) is 11.6 Å². The molecule has 0 aliphatic rings. The molecule has 98 valence electrons. The molecule has 0 unspecified atom stereocenters. The van der Waals surface area contributed by atoms with Gasteiger partial charge in [-0.3, -0.25) is 9.78 Å². The van der Waals surface area contributed by atoms with Gasteiger partial charge in [0.1, 0.15) is 11.6 Å². The van der Waals surface area contributed by atoms with Crippen LogP contribution in [0.25, 0.3) is 0 Å². The monoisotopic (exact) mass is 279 g/mol. The zero-order valence-corrected chi connectivity index (χ0v) is 10.9. The number of benzene rings is 1. The fraction of sp³-hybridized carbons (Fsp3) is 0.143. The van der Waals surface area contributed by atoms with Gasteiger partial charge in [-0.25, -0.2) is 4.39 Å². The SMILES string of the molecule is CCOc1cncc(C(=O)c2cc(Cl)ccc2F)c1. The number of nitrogens with zero attached hydrogens (tertiary/aromatic N) is 1. The first-order valence-corrected chi connectivity index (χ1v) is 6.07. The van der Waals surface area contributed by atoms with Gasteiger partial charge in [0.25, 0.3) is 0 Å². The molecule has 1 heterocycles. The molecule has 2 rings (SSSR count). The largest absolute Gasteiger partial charge is 0.492 e. The summed E-state index contributed by atoms with van der Waals surface area (Å²) in [7, 11) is 0. The van der Waals surface area contributed by atoms with Crippen molar-refractivity contribution in [2.45, 2.75) is 6.92 Å². The number of halogens is 2. The standard InChI is InChI=1S/C14H11ClFNO2/c1-2-19-11-5-9(7-17-8-11)14(18)12-6-10(15)3-4-13(12)16/h3-8H,2H2,1H3. The summed E-state index contributed by atoms with van der Waals surface area (Å²) in [5, 5.41) is 0.304. The minimum Gasteiger partial charge on any atom is -0.492 e. The van der Waals surface area contributed by atoms with E-state index < -0.39 is 11.6 Å². The predicted molar refractivity (Wildman–Crippen MR) is 70.2 cm³/mol. The summed E-state index contributed by atoms with van der Waals surface area (Å²) in [4.78, 5) is 16.1. The minimum absolute atomic E-state index is 0.0806. The number of carbonyl (C=O) groups excluding carboxylic acids is 1. The molecule has 0 bridgehead atoms. The molecule has 0 N–H and O–H groups in total. The summed E-state index contributed by atoms with van der Waals surface area (Å²) in [5.74, 6) is -0.624. The van der Waals surface area contributed by atoms with Crippen molar-refractivity contribution in [2.75, 3.05) is 6.61 Å². The Bertz CT molecular complexity index is 616. The highest BCUT2D eigenvalue weighted by atomic mass is 35.5. The maximum absolute atomic E-state index is 13.6. The Hall–Kier alpha value is -1.94. The summed E-state index contributed by atoms with van der Waals surface area (Å²) < 4.78 is 18.9. The van der Waals surface area contributed by atoms with Crippen LogP contribution in [-0.4, -0.2) is 17.4 Å². The van der Waals surface area contributed by atoms with Crippen molar-refractivity contribution in [1.29, 1.82) is 0 Å². The van der Waals surface area contributed by atoms with Crippen LogP contribution in [0.2, 0.25) is 5.02 Å². The molecule has 0 aliphatic carbocycles. The second-order valence-corrected chi connectivity index (χ2v) is 4.23. The molecular weight excluding hydrogens is 269 g/mol. The van der Waals surface area contributed by atoms with Crippen LogP contribution in [-0.2, 0) is 0 Å². The van der Waals surface area contributed by atoms with Crippen molar-refractivity contribution in [3.8, 4) is 5.75 Å². The van der Waals surface area contributed by atoms with E-state index >= 15 is 0 Å². The Morgan fingerprint density at radius 1 is 1.37 bits per heavy atom. The van der Waals surface area contributed by atoms with Gasteiger partial charge in [0.15, 0.2) is 5.78 Å². The topological polar surface area (TPSA) is 39.2 Å². The minimum atomic E-state index is -0.615. The number of carbonyl (C=O) groups is 1. The molecule has 0 saturated carbocycles. The van der Waals surface area contributed by atoms with Crippen molar-refractivity contribution < 1.29 is 13.9 Å². The molecule has 2 aromatic rings. The highest BCUT2D eigenvalue weighted by Gasteiger charge is 2.15. The number of pyridine rings is 1. The van der Waals surface area contributed by atoms with Crippen molar-refractivity contribution in [3.63, 3.8) is 0 Å². The normalized spacial score (nSPS) is 10.3. The highest BCUT2D eigenvalue weighted by Crippen LogP contribution is 2.20. The van der Waals surface area contributed by atoms with Crippen molar-refractivity contribution >= 4 is 17.4 Å². The first-order valence-electron chi connectivity index (χ1n) is 5.69. The summed E-state index contributed by atoms with van der Waals surface area (Å²) >= 11 is 5.77. The van der Waals surface area contributed by atoms with Gasteiger partial charge in [0.05, 0.1) is 18.4 Å². The van der Waals surface area contributed by atoms with Crippen LogP contribution in [0.4, 0.5) is 4.39 Å². The molecule has 0 amide bonds. The van der Waals surface area contributed by atoms with Crippen LogP contribution in [0.3, 0.4) is 0 Å². The lowest BCUT2D eigenvalue weighted by Crippen LogP contribution is -2.05. The molecular formula is C14H11ClFNO2. The van der Waals surface area contributed by atoms with E-state index in [0.29, 0.717) is 17.4 Å². The second kappa shape index (κ2) is 5.80. The Kier molecular flexibility index (Phi) is 4.12. The first-order chi connectivity index (χ1) is 9.11. The first kappa shape index (κ1) is 13.5. The Labute approximate surface area is 115 Å². The fourth-order valence-corrected chi connectivity index (χ4v) is 1.79. The third-order valence-electron chi connectivity index (χ3n) is 2.46. The van der Waals surface area contributed by atoms with Crippen LogP contribution < -0.4 is 4.74 Å². The summed E-state index contributed by atoms with van der Waals surface area (Å²) in [6.45, 7) is 2.29. The van der Waals surface area contributed by atoms with E-state index in [0.717, 1.165) is 6.07 Å². The molecule has 1 aromatic carbocycles. The quantitative estimate of drug-likeness (QED) is 0.804. The third kappa shape index (κ3) is 3.09. The number of ether oxygens (including phenoxy) is 1. The maximum Gasteiger partial charge on any atom is 0.197 e. The third-order valence-corrected chi connectivity index (χ3v) is 2.69. The van der Waals surface area contributed by atoms with Gasteiger partial charge < -0.3 is 4.74 Å². The maximum atomic E-state index is 13.6. The molecule has 0 spiro atoms. The fourth-order valence-electron chi connectivity index (χ4n) is 1.62. The average Bonchev–Trinajstić information content (AvgIpc) is 2.41. The zero-order valence-electron chi connectivity index (χ0n) is 10.2. The van der Waals surface area contributed by atoms with Crippen LogP contribution in [0.5, 0.6) is 5.75 Å². The summed E-state index contributed by atoms with van der Waals surface area (Å²) in [5.41, 5.74) is 0.176. The molecule has 19 heavy (non-hydrogen) atoms. The van der Waals surface area contributed by atoms with Gasteiger partial charge >= 0.3 is 0 Å². The molecule has 0 atom stereocenters. The zero-order chi connectivity index (χ0) is 13.8. The van der Waals surface area contributed by atoms with E-state index in [1.54, 1.807) is 0 Å². The number of rotatable bonds is 4. The van der Waals surface area contributed by atoms with Crippen LogP contribution in [0.1, 0.15) is 22.8 Å². The van der Waals surface area contributed by atoms with Crippen molar-refractivity contribution in [2.24, 2.45) is 0 Å². The van der Waals surface area contributed by atoms with Crippen LogP contribution in [0, 0.1) is 5.82 Å². The molecule has 1 aromatic heterocycles. The lowest BCUT2D eigenvalue weighted by Gasteiger charge is -2.06. The summed E-state index contributed by atoms with van der Waals surface area (Å²) in [6.07, 6.45) is 2.86. The van der Waals surface area contributed by atoms with E-state index in [1.165, 1.54) is 30.6 Å². The van der Waals surface area contributed by atoms with Crippen molar-refractivity contribution in [1.82, 2.24) is 4.98 Å². The van der Waals surface area contributed by atoms with Gasteiger partial charge in [0.2, 0.25) is 0 Å². The number of ketones is 1. The summed E-state index contributed by atoms with van der Waals surface area (Å²) in [6, 6.07) is 5.38. The molecule has 0 aliphatic heterocycles. The Morgan fingerprint density at radius 2 is 2.16 bits per heavy atom. The lowest BCUT2D eigenvalue weighted by molar-refractivity contribution is 0.103. The molecule has 3 nitrogen and oxygen atoms in total. The Balaban J connectivity index is 2.38. The van der Waals surface area contributed by atoms with Gasteiger partial charge in [-0.15, -0.1) is 0 Å². The molecule has 0 radical (unpaired) electrons. The average molecular weight is 280 g/mol. The van der Waals surface area contributed by atoms with Crippen LogP contribution in [0.15, 0.2) is 36.7 Å². The van der Waals surface area contributed by atoms with E-state index in [-0.39, 0.29) is 11.1 Å². The van der Waals surface area contributed by atoms with E-state index in [4.69, 9.17) is 16.3 Å². The highest BCUT2D eigenvalue weighted by molar-refractivity contribution is 6.31. The second-order valence-electron chi connectivity index (χ2n) is 3.80. The molecule has 0 fully saturated rings. The Morgan fingerprint density at radius 3 is 2.89 bits per heavy atom. The number of hydrogen-bond acceptors (Lipinski definition) is 3. The van der Waals surface area contributed by atoms with E-state index in [1.807, 2.05) is 6.92 Å². The molecule has 0 saturated heterocycles.